The second-order valence-corrected chi connectivity index (χ2v) is 6.80. The van der Waals surface area contributed by atoms with E-state index in [2.05, 4.69) is 17.6 Å². The van der Waals surface area contributed by atoms with E-state index in [1.54, 1.807) is 0 Å². The Bertz CT molecular complexity index is 326. The second kappa shape index (κ2) is 4.84. The van der Waals surface area contributed by atoms with Gasteiger partial charge in [-0.2, -0.15) is 0 Å². The molecule has 5 atom stereocenters. The summed E-state index contributed by atoms with van der Waals surface area (Å²) in [4.78, 5) is 12.1. The van der Waals surface area contributed by atoms with Gasteiger partial charge in [-0.25, -0.2) is 0 Å². The van der Waals surface area contributed by atoms with Crippen molar-refractivity contribution in [2.75, 3.05) is 0 Å². The monoisotopic (exact) mass is 250 g/mol. The van der Waals surface area contributed by atoms with E-state index in [1.165, 1.54) is 38.5 Å². The normalized spacial score (nSPS) is 37.6. The van der Waals surface area contributed by atoms with Crippen LogP contribution in [0.3, 0.4) is 0 Å². The van der Waals surface area contributed by atoms with Gasteiger partial charge in [0.2, 0.25) is 5.91 Å². The lowest BCUT2D eigenvalue weighted by atomic mass is 9.84. The first-order chi connectivity index (χ1) is 8.63. The SMILES string of the molecule is CC(NC1CC1)C(=O)NC(C)C1CC2CCC1C2. The molecule has 0 radical (unpaired) electrons. The van der Waals surface area contributed by atoms with Crippen molar-refractivity contribution in [2.45, 2.75) is 70.5 Å². The lowest BCUT2D eigenvalue weighted by molar-refractivity contribution is -0.123. The fraction of sp³-hybridized carbons (Fsp3) is 0.933. The number of hydrogen-bond donors (Lipinski definition) is 2. The lowest BCUT2D eigenvalue weighted by Crippen LogP contribution is -2.48. The topological polar surface area (TPSA) is 41.1 Å². The first kappa shape index (κ1) is 12.5. The zero-order valence-electron chi connectivity index (χ0n) is 11.6. The molecule has 5 unspecified atom stereocenters. The Hall–Kier alpha value is -0.570. The third kappa shape index (κ3) is 2.56. The first-order valence-corrected chi connectivity index (χ1v) is 7.70. The average Bonchev–Trinajstić information content (AvgIpc) is 2.91. The standard InChI is InChI=1S/C15H26N2O/c1-9(14-8-11-3-4-12(14)7-11)17-15(18)10(2)16-13-5-6-13/h9-14,16H,3-8H2,1-2H3,(H,17,18). The molecule has 3 heteroatoms. The molecule has 3 saturated carbocycles. The number of hydrogen-bond acceptors (Lipinski definition) is 2. The number of carbonyl (C=O) groups is 1. The quantitative estimate of drug-likeness (QED) is 0.784. The van der Waals surface area contributed by atoms with Gasteiger partial charge in [0.25, 0.3) is 0 Å². The predicted molar refractivity (Wildman–Crippen MR) is 72.2 cm³/mol. The number of carbonyl (C=O) groups excluding carboxylic acids is 1. The van der Waals surface area contributed by atoms with E-state index in [4.69, 9.17) is 0 Å². The summed E-state index contributed by atoms with van der Waals surface area (Å²) in [6, 6.07) is 0.929. The van der Waals surface area contributed by atoms with Crippen molar-refractivity contribution >= 4 is 5.91 Å². The maximum atomic E-state index is 12.1. The molecule has 3 rings (SSSR count). The van der Waals surface area contributed by atoms with Crippen LogP contribution in [0, 0.1) is 17.8 Å². The number of amides is 1. The fourth-order valence-corrected chi connectivity index (χ4v) is 4.04. The van der Waals surface area contributed by atoms with Gasteiger partial charge in [-0.05, 0) is 63.7 Å². The molecule has 0 aromatic heterocycles. The van der Waals surface area contributed by atoms with E-state index in [1.807, 2.05) is 6.92 Å². The summed E-state index contributed by atoms with van der Waals surface area (Å²) in [5.41, 5.74) is 0. The van der Waals surface area contributed by atoms with E-state index >= 15 is 0 Å². The number of nitrogens with one attached hydrogen (secondary N) is 2. The molecule has 2 bridgehead atoms. The smallest absolute Gasteiger partial charge is 0.237 e. The molecule has 0 heterocycles. The molecule has 102 valence electrons. The highest BCUT2D eigenvalue weighted by molar-refractivity contribution is 5.81. The van der Waals surface area contributed by atoms with Gasteiger partial charge in [0, 0.05) is 12.1 Å². The molecule has 3 aliphatic carbocycles. The van der Waals surface area contributed by atoms with Gasteiger partial charge in [0.05, 0.1) is 6.04 Å². The highest BCUT2D eigenvalue weighted by Gasteiger charge is 2.42. The van der Waals surface area contributed by atoms with E-state index < -0.39 is 0 Å². The summed E-state index contributed by atoms with van der Waals surface area (Å²) < 4.78 is 0. The molecule has 0 aliphatic heterocycles. The fourth-order valence-electron chi connectivity index (χ4n) is 4.04. The summed E-state index contributed by atoms with van der Waals surface area (Å²) in [5.74, 6) is 2.77. The van der Waals surface area contributed by atoms with Gasteiger partial charge in [-0.15, -0.1) is 0 Å². The van der Waals surface area contributed by atoms with Crippen LogP contribution >= 0.6 is 0 Å². The summed E-state index contributed by atoms with van der Waals surface area (Å²) in [6.07, 6.45) is 8.06. The Balaban J connectivity index is 1.47. The van der Waals surface area contributed by atoms with Crippen LogP contribution in [0.1, 0.15) is 52.4 Å². The molecular weight excluding hydrogens is 224 g/mol. The Morgan fingerprint density at radius 3 is 2.44 bits per heavy atom. The first-order valence-electron chi connectivity index (χ1n) is 7.70. The van der Waals surface area contributed by atoms with Gasteiger partial charge < -0.3 is 10.6 Å². The molecular formula is C15H26N2O. The average molecular weight is 250 g/mol. The van der Waals surface area contributed by atoms with Crippen LogP contribution in [-0.4, -0.2) is 24.0 Å². The van der Waals surface area contributed by atoms with Gasteiger partial charge in [-0.1, -0.05) is 6.42 Å². The maximum Gasteiger partial charge on any atom is 0.237 e. The molecule has 3 aliphatic rings. The van der Waals surface area contributed by atoms with Crippen LogP contribution < -0.4 is 10.6 Å². The number of fused-ring (bicyclic) bond motifs is 2. The molecule has 18 heavy (non-hydrogen) atoms. The van der Waals surface area contributed by atoms with Crippen LogP contribution in [0.4, 0.5) is 0 Å². The Kier molecular flexibility index (Phi) is 3.35. The molecule has 2 N–H and O–H groups in total. The minimum Gasteiger partial charge on any atom is -0.352 e. The van der Waals surface area contributed by atoms with Crippen LogP contribution in [0.15, 0.2) is 0 Å². The van der Waals surface area contributed by atoms with Gasteiger partial charge in [0.15, 0.2) is 0 Å². The zero-order valence-corrected chi connectivity index (χ0v) is 11.6. The van der Waals surface area contributed by atoms with Crippen molar-refractivity contribution in [1.29, 1.82) is 0 Å². The zero-order chi connectivity index (χ0) is 12.7. The second-order valence-electron chi connectivity index (χ2n) is 6.80. The predicted octanol–water partition coefficient (Wildman–Crippen LogP) is 2.07. The molecule has 1 amide bonds. The minimum atomic E-state index is -0.0291. The molecule has 3 fully saturated rings. The Morgan fingerprint density at radius 2 is 1.89 bits per heavy atom. The van der Waals surface area contributed by atoms with Crippen LogP contribution in [-0.2, 0) is 4.79 Å². The highest BCUT2D eigenvalue weighted by Crippen LogP contribution is 2.49. The summed E-state index contributed by atoms with van der Waals surface area (Å²) >= 11 is 0. The molecule has 0 aromatic rings. The van der Waals surface area contributed by atoms with Crippen molar-refractivity contribution in [3.63, 3.8) is 0 Å². The van der Waals surface area contributed by atoms with Crippen LogP contribution in [0.2, 0.25) is 0 Å². The third-order valence-electron chi connectivity index (χ3n) is 5.26. The van der Waals surface area contributed by atoms with Crippen LogP contribution in [0.5, 0.6) is 0 Å². The van der Waals surface area contributed by atoms with Crippen molar-refractivity contribution in [3.8, 4) is 0 Å². The maximum absolute atomic E-state index is 12.1. The van der Waals surface area contributed by atoms with E-state index in [0.717, 1.165) is 17.8 Å². The summed E-state index contributed by atoms with van der Waals surface area (Å²) in [6.45, 7) is 4.19. The Labute approximate surface area is 110 Å². The van der Waals surface area contributed by atoms with Gasteiger partial charge in [-0.3, -0.25) is 4.79 Å². The lowest BCUT2D eigenvalue weighted by Gasteiger charge is -2.29. The molecule has 3 nitrogen and oxygen atoms in total. The van der Waals surface area contributed by atoms with E-state index in [0.29, 0.717) is 12.1 Å². The molecule has 0 saturated heterocycles. The molecule has 0 spiro atoms. The minimum absolute atomic E-state index is 0.0291. The van der Waals surface area contributed by atoms with E-state index in [-0.39, 0.29) is 11.9 Å². The highest BCUT2D eigenvalue weighted by atomic mass is 16.2. The third-order valence-corrected chi connectivity index (χ3v) is 5.26. The van der Waals surface area contributed by atoms with Crippen LogP contribution in [0.25, 0.3) is 0 Å². The van der Waals surface area contributed by atoms with Gasteiger partial charge in [0.1, 0.15) is 0 Å². The Morgan fingerprint density at radius 1 is 1.11 bits per heavy atom. The van der Waals surface area contributed by atoms with Crippen molar-refractivity contribution in [2.24, 2.45) is 17.8 Å². The van der Waals surface area contributed by atoms with Crippen molar-refractivity contribution in [3.05, 3.63) is 0 Å². The van der Waals surface area contributed by atoms with E-state index in [9.17, 15) is 4.79 Å². The summed E-state index contributed by atoms with van der Waals surface area (Å²) in [5, 5.41) is 6.61. The van der Waals surface area contributed by atoms with Gasteiger partial charge >= 0.3 is 0 Å². The summed E-state index contributed by atoms with van der Waals surface area (Å²) in [7, 11) is 0. The van der Waals surface area contributed by atoms with Crippen molar-refractivity contribution in [1.82, 2.24) is 10.6 Å². The number of rotatable bonds is 5. The largest absolute Gasteiger partial charge is 0.352 e. The molecule has 0 aromatic carbocycles. The van der Waals surface area contributed by atoms with Crippen molar-refractivity contribution < 1.29 is 4.79 Å².